The Kier molecular flexibility index (Phi) is 2.31. The Bertz CT molecular complexity index is 547. The van der Waals surface area contributed by atoms with E-state index in [1.54, 1.807) is 23.7 Å². The summed E-state index contributed by atoms with van der Waals surface area (Å²) in [6, 6.07) is 6.58. The van der Waals surface area contributed by atoms with E-state index in [-0.39, 0.29) is 5.69 Å². The van der Waals surface area contributed by atoms with Crippen LogP contribution in [0, 0.1) is 0 Å². The third kappa shape index (κ3) is 1.64. The highest BCUT2D eigenvalue weighted by Gasteiger charge is 2.04. The minimum Gasteiger partial charge on any atom is -0.497 e. The van der Waals surface area contributed by atoms with Crippen molar-refractivity contribution in [3.63, 3.8) is 0 Å². The largest absolute Gasteiger partial charge is 0.497 e. The summed E-state index contributed by atoms with van der Waals surface area (Å²) < 4.78 is 9.96. The molecule has 15 heavy (non-hydrogen) atoms. The molecule has 0 radical (unpaired) electrons. The maximum Gasteiger partial charge on any atom is 0.362 e. The molecule has 0 spiro atoms. The van der Waals surface area contributed by atoms with Crippen LogP contribution in [0.3, 0.4) is 0 Å². The van der Waals surface area contributed by atoms with Crippen LogP contribution in [-0.4, -0.2) is 12.3 Å². The van der Waals surface area contributed by atoms with Gasteiger partial charge in [0.15, 0.2) is 0 Å². The molecule has 2 rings (SSSR count). The van der Waals surface area contributed by atoms with Crippen LogP contribution in [0.4, 0.5) is 5.69 Å². The first-order valence-electron chi connectivity index (χ1n) is 4.26. The van der Waals surface area contributed by atoms with E-state index in [1.165, 1.54) is 13.2 Å². The van der Waals surface area contributed by atoms with E-state index in [4.69, 9.17) is 14.4 Å². The molecule has 1 aromatic heterocycles. The van der Waals surface area contributed by atoms with E-state index in [2.05, 4.69) is 0 Å². The first-order valence-corrected chi connectivity index (χ1v) is 4.26. The Hall–Kier alpha value is -2.01. The van der Waals surface area contributed by atoms with Crippen molar-refractivity contribution in [1.29, 1.82) is 0 Å². The molecule has 0 fully saturated rings. The Labute approximate surface area is 84.9 Å². The fraction of sp³-hybridized carbons (Fsp3) is 0.100. The summed E-state index contributed by atoms with van der Waals surface area (Å²) in [6.45, 7) is 0. The first kappa shape index (κ1) is 9.54. The zero-order valence-corrected chi connectivity index (χ0v) is 7.98. The lowest BCUT2D eigenvalue weighted by atomic mass is 10.2. The predicted octanol–water partition coefficient (Wildman–Crippen LogP) is 1.60. The van der Waals surface area contributed by atoms with Crippen LogP contribution in [-0.2, 0) is 0 Å². The fourth-order valence-electron chi connectivity index (χ4n) is 1.30. The highest BCUT2D eigenvalue weighted by atomic mass is 16.5. The van der Waals surface area contributed by atoms with E-state index >= 15 is 0 Å². The van der Waals surface area contributed by atoms with Gasteiger partial charge in [0.2, 0.25) is 0 Å². The minimum atomic E-state index is -0.627. The molecule has 0 atom stereocenters. The van der Waals surface area contributed by atoms with Gasteiger partial charge < -0.3 is 9.15 Å². The van der Waals surface area contributed by atoms with Gasteiger partial charge in [-0.2, -0.15) is 0 Å². The molecule has 5 nitrogen and oxygen atoms in total. The van der Waals surface area contributed by atoms with Crippen LogP contribution in [0.5, 0.6) is 5.75 Å². The number of rotatable bonds is 2. The van der Waals surface area contributed by atoms with Gasteiger partial charge in [-0.25, -0.2) is 4.79 Å². The van der Waals surface area contributed by atoms with Gasteiger partial charge in [-0.1, -0.05) is 0 Å². The van der Waals surface area contributed by atoms with Crippen molar-refractivity contribution >= 4 is 16.7 Å². The highest BCUT2D eigenvalue weighted by Crippen LogP contribution is 2.20. The molecule has 0 amide bonds. The third-order valence-electron chi connectivity index (χ3n) is 2.06. The van der Waals surface area contributed by atoms with Gasteiger partial charge in [0.1, 0.15) is 17.0 Å². The number of nitrogens with one attached hydrogen (secondary N) is 1. The molecular weight excluding hydrogens is 198 g/mol. The van der Waals surface area contributed by atoms with Crippen LogP contribution in [0.1, 0.15) is 0 Å². The van der Waals surface area contributed by atoms with E-state index in [9.17, 15) is 4.79 Å². The molecule has 2 aromatic rings. The van der Waals surface area contributed by atoms with Gasteiger partial charge >= 0.3 is 5.63 Å². The second-order valence-electron chi connectivity index (χ2n) is 2.96. The SMILES string of the molecule is COc1ccc2cc(NO)c(=O)oc2c1. The van der Waals surface area contributed by atoms with Gasteiger partial charge in [-0.05, 0) is 18.2 Å². The maximum atomic E-state index is 11.2. The number of methoxy groups -OCH3 is 1. The summed E-state index contributed by atoms with van der Waals surface area (Å²) >= 11 is 0. The molecule has 0 aliphatic heterocycles. The monoisotopic (exact) mass is 207 g/mol. The van der Waals surface area contributed by atoms with Crippen molar-refractivity contribution in [1.82, 2.24) is 0 Å². The molecule has 0 unspecified atom stereocenters. The summed E-state index contributed by atoms with van der Waals surface area (Å²) in [5.74, 6) is 0.607. The summed E-state index contributed by atoms with van der Waals surface area (Å²) in [7, 11) is 1.53. The first-order chi connectivity index (χ1) is 7.24. The van der Waals surface area contributed by atoms with E-state index in [0.29, 0.717) is 16.7 Å². The topological polar surface area (TPSA) is 71.7 Å². The predicted molar refractivity (Wildman–Crippen MR) is 54.4 cm³/mol. The molecule has 2 N–H and O–H groups in total. The molecule has 0 saturated carbocycles. The summed E-state index contributed by atoms with van der Waals surface area (Å²) in [5, 5.41) is 9.34. The summed E-state index contributed by atoms with van der Waals surface area (Å²) in [5.41, 5.74) is 1.57. The van der Waals surface area contributed by atoms with Gasteiger partial charge in [-0.3, -0.25) is 10.7 Å². The molecule has 0 bridgehead atoms. The van der Waals surface area contributed by atoms with Crippen molar-refractivity contribution in [2.24, 2.45) is 0 Å². The molecule has 0 aliphatic carbocycles. The molecular formula is C10H9NO4. The van der Waals surface area contributed by atoms with Crippen LogP contribution < -0.4 is 15.8 Å². The van der Waals surface area contributed by atoms with Crippen LogP contribution in [0.2, 0.25) is 0 Å². The van der Waals surface area contributed by atoms with Crippen molar-refractivity contribution in [2.75, 3.05) is 12.6 Å². The number of hydrogen-bond acceptors (Lipinski definition) is 5. The molecule has 0 aliphatic rings. The highest BCUT2D eigenvalue weighted by molar-refractivity contribution is 5.80. The Balaban J connectivity index is 2.70. The van der Waals surface area contributed by atoms with Crippen molar-refractivity contribution in [3.8, 4) is 5.75 Å². The quantitative estimate of drug-likeness (QED) is 0.578. The average molecular weight is 207 g/mol. The van der Waals surface area contributed by atoms with E-state index in [0.717, 1.165) is 0 Å². The standard InChI is InChI=1S/C10H9NO4/c1-14-7-3-2-6-4-8(11-13)10(12)15-9(6)5-7/h2-5,11,13H,1H3. The Morgan fingerprint density at radius 3 is 2.87 bits per heavy atom. The Morgan fingerprint density at radius 1 is 1.40 bits per heavy atom. The van der Waals surface area contributed by atoms with Crippen LogP contribution >= 0.6 is 0 Å². The zero-order valence-electron chi connectivity index (χ0n) is 7.98. The number of anilines is 1. The van der Waals surface area contributed by atoms with E-state index < -0.39 is 5.63 Å². The lowest BCUT2D eigenvalue weighted by Gasteiger charge is -2.02. The number of ether oxygens (including phenoxy) is 1. The number of benzene rings is 1. The maximum absolute atomic E-state index is 11.2. The third-order valence-corrected chi connectivity index (χ3v) is 2.06. The fourth-order valence-corrected chi connectivity index (χ4v) is 1.30. The van der Waals surface area contributed by atoms with Gasteiger partial charge in [0.25, 0.3) is 0 Å². The molecule has 78 valence electrons. The lowest BCUT2D eigenvalue weighted by Crippen LogP contribution is -2.06. The van der Waals surface area contributed by atoms with Crippen LogP contribution in [0.15, 0.2) is 33.5 Å². The number of hydrogen-bond donors (Lipinski definition) is 2. The van der Waals surface area contributed by atoms with Crippen molar-refractivity contribution in [3.05, 3.63) is 34.7 Å². The lowest BCUT2D eigenvalue weighted by molar-refractivity contribution is 0.383. The zero-order chi connectivity index (χ0) is 10.8. The van der Waals surface area contributed by atoms with Gasteiger partial charge in [-0.15, -0.1) is 0 Å². The van der Waals surface area contributed by atoms with Gasteiger partial charge in [0.05, 0.1) is 7.11 Å². The van der Waals surface area contributed by atoms with Gasteiger partial charge in [0, 0.05) is 11.5 Å². The average Bonchev–Trinajstić information content (AvgIpc) is 2.27. The second-order valence-corrected chi connectivity index (χ2v) is 2.96. The molecule has 5 heteroatoms. The normalized spacial score (nSPS) is 10.3. The number of fused-ring (bicyclic) bond motifs is 1. The second kappa shape index (κ2) is 3.62. The van der Waals surface area contributed by atoms with Crippen molar-refractivity contribution < 1.29 is 14.4 Å². The Morgan fingerprint density at radius 2 is 2.20 bits per heavy atom. The summed E-state index contributed by atoms with van der Waals surface area (Å²) in [6.07, 6.45) is 0. The van der Waals surface area contributed by atoms with E-state index in [1.807, 2.05) is 0 Å². The summed E-state index contributed by atoms with van der Waals surface area (Å²) in [4.78, 5) is 11.2. The van der Waals surface area contributed by atoms with Crippen LogP contribution in [0.25, 0.3) is 11.0 Å². The smallest absolute Gasteiger partial charge is 0.362 e. The van der Waals surface area contributed by atoms with Crippen molar-refractivity contribution in [2.45, 2.75) is 0 Å². The molecule has 0 saturated heterocycles. The molecule has 1 heterocycles. The molecule has 1 aromatic carbocycles. The minimum absolute atomic E-state index is 0.00710.